The normalized spacial score (nSPS) is 11.0. The van der Waals surface area contributed by atoms with Crippen LogP contribution in [0.2, 0.25) is 0 Å². The minimum absolute atomic E-state index is 0. The second-order valence-corrected chi connectivity index (χ2v) is 5.94. The van der Waals surface area contributed by atoms with Crippen LogP contribution in [0.5, 0.6) is 11.5 Å². The average molecular weight is 502 g/mol. The number of hydrogen-bond acceptors (Lipinski definition) is 5. The fraction of sp³-hybridized carbons (Fsp3) is 0.500. The van der Waals surface area contributed by atoms with Crippen LogP contribution in [0.1, 0.15) is 43.4 Å². The molecule has 0 fully saturated rings. The molecule has 7 nitrogen and oxygen atoms in total. The number of ether oxygens (including phenoxy) is 2. The number of aryl methyl sites for hydroxylation is 2. The summed E-state index contributed by atoms with van der Waals surface area (Å²) in [7, 11) is 3.27. The first-order valence-corrected chi connectivity index (χ1v) is 9.36. The second-order valence-electron chi connectivity index (χ2n) is 5.94. The van der Waals surface area contributed by atoms with Gasteiger partial charge in [0.1, 0.15) is 5.76 Å². The van der Waals surface area contributed by atoms with E-state index in [0.29, 0.717) is 24.6 Å². The average Bonchev–Trinajstić information content (AvgIpc) is 3.11. The Balaban J connectivity index is 0.00000392. The first kappa shape index (κ1) is 24.1. The van der Waals surface area contributed by atoms with E-state index in [4.69, 9.17) is 14.0 Å². The van der Waals surface area contributed by atoms with Crippen LogP contribution in [0.15, 0.2) is 27.7 Å². The van der Waals surface area contributed by atoms with Crippen LogP contribution in [0.25, 0.3) is 0 Å². The van der Waals surface area contributed by atoms with Gasteiger partial charge in [0.2, 0.25) is 0 Å². The van der Waals surface area contributed by atoms with Gasteiger partial charge >= 0.3 is 0 Å². The van der Waals surface area contributed by atoms with Gasteiger partial charge in [-0.25, -0.2) is 4.99 Å². The van der Waals surface area contributed by atoms with E-state index in [1.165, 1.54) is 0 Å². The molecule has 2 rings (SSSR count). The van der Waals surface area contributed by atoms with E-state index < -0.39 is 0 Å². The molecule has 2 N–H and O–H groups in total. The van der Waals surface area contributed by atoms with Gasteiger partial charge in [0, 0.05) is 30.6 Å². The van der Waals surface area contributed by atoms with Crippen LogP contribution >= 0.6 is 24.0 Å². The molecular formula is C20H31IN4O3. The smallest absolute Gasteiger partial charge is 0.191 e. The lowest BCUT2D eigenvalue weighted by atomic mass is 10.1. The summed E-state index contributed by atoms with van der Waals surface area (Å²) in [4.78, 5) is 4.69. The van der Waals surface area contributed by atoms with Gasteiger partial charge in [-0.2, -0.15) is 0 Å². The van der Waals surface area contributed by atoms with Gasteiger partial charge in [-0.3, -0.25) is 0 Å². The van der Waals surface area contributed by atoms with Crippen molar-refractivity contribution in [3.05, 3.63) is 40.8 Å². The third kappa shape index (κ3) is 6.02. The molecule has 0 aliphatic rings. The summed E-state index contributed by atoms with van der Waals surface area (Å²) in [6, 6.07) is 5.80. The SMILES string of the molecule is CCNC(=NCc1cccc(OC)c1OC)NCc1c(CC)noc1CC.I. The van der Waals surface area contributed by atoms with E-state index in [9.17, 15) is 0 Å². The fourth-order valence-corrected chi connectivity index (χ4v) is 2.89. The minimum Gasteiger partial charge on any atom is -0.493 e. The van der Waals surface area contributed by atoms with Crippen LogP contribution in [-0.2, 0) is 25.9 Å². The maximum Gasteiger partial charge on any atom is 0.191 e. The number of aromatic nitrogens is 1. The van der Waals surface area contributed by atoms with E-state index in [2.05, 4.69) is 34.6 Å². The molecule has 0 bridgehead atoms. The molecule has 0 aliphatic carbocycles. The Morgan fingerprint density at radius 1 is 1.11 bits per heavy atom. The van der Waals surface area contributed by atoms with E-state index in [1.54, 1.807) is 14.2 Å². The molecule has 0 unspecified atom stereocenters. The molecule has 1 heterocycles. The molecule has 1 aromatic heterocycles. The van der Waals surface area contributed by atoms with Crippen LogP contribution in [-0.4, -0.2) is 31.9 Å². The topological polar surface area (TPSA) is 80.9 Å². The highest BCUT2D eigenvalue weighted by molar-refractivity contribution is 14.0. The summed E-state index contributed by atoms with van der Waals surface area (Å²) in [6.45, 7) is 8.05. The zero-order chi connectivity index (χ0) is 19.6. The maximum atomic E-state index is 5.48. The number of nitrogens with zero attached hydrogens (tertiary/aromatic N) is 2. The lowest BCUT2D eigenvalue weighted by Crippen LogP contribution is -2.37. The van der Waals surface area contributed by atoms with Gasteiger partial charge < -0.3 is 24.6 Å². The number of aliphatic imine (C=N–C) groups is 1. The number of nitrogens with one attached hydrogen (secondary N) is 2. The summed E-state index contributed by atoms with van der Waals surface area (Å²) >= 11 is 0. The molecule has 28 heavy (non-hydrogen) atoms. The Labute approximate surface area is 184 Å². The number of para-hydroxylation sites is 1. The Kier molecular flexibility index (Phi) is 10.7. The van der Waals surface area contributed by atoms with Crippen molar-refractivity contribution in [2.24, 2.45) is 4.99 Å². The summed E-state index contributed by atoms with van der Waals surface area (Å²) in [6.07, 6.45) is 1.66. The highest BCUT2D eigenvalue weighted by Gasteiger charge is 2.14. The number of halogens is 1. The molecule has 156 valence electrons. The van der Waals surface area contributed by atoms with Gasteiger partial charge in [-0.1, -0.05) is 31.1 Å². The second kappa shape index (κ2) is 12.5. The molecule has 0 saturated heterocycles. The first-order chi connectivity index (χ1) is 13.2. The number of benzene rings is 1. The van der Waals surface area contributed by atoms with Crippen LogP contribution in [0.3, 0.4) is 0 Å². The molecule has 0 amide bonds. The van der Waals surface area contributed by atoms with Gasteiger partial charge in [0.05, 0.1) is 26.5 Å². The predicted molar refractivity (Wildman–Crippen MR) is 122 cm³/mol. The van der Waals surface area contributed by atoms with Crippen molar-refractivity contribution in [2.75, 3.05) is 20.8 Å². The third-order valence-electron chi connectivity index (χ3n) is 4.28. The first-order valence-electron chi connectivity index (χ1n) is 9.36. The number of rotatable bonds is 9. The lowest BCUT2D eigenvalue weighted by Gasteiger charge is -2.14. The van der Waals surface area contributed by atoms with Crippen molar-refractivity contribution < 1.29 is 14.0 Å². The van der Waals surface area contributed by atoms with Crippen molar-refractivity contribution in [2.45, 2.75) is 46.7 Å². The van der Waals surface area contributed by atoms with Crippen molar-refractivity contribution >= 4 is 29.9 Å². The third-order valence-corrected chi connectivity index (χ3v) is 4.28. The quantitative estimate of drug-likeness (QED) is 0.309. The molecular weight excluding hydrogens is 471 g/mol. The number of guanidine groups is 1. The van der Waals surface area contributed by atoms with Gasteiger partial charge in [-0.15, -0.1) is 24.0 Å². The summed E-state index contributed by atoms with van der Waals surface area (Å²) in [5, 5.41) is 10.8. The van der Waals surface area contributed by atoms with Crippen molar-refractivity contribution in [1.29, 1.82) is 0 Å². The molecule has 1 aromatic carbocycles. The summed E-state index contributed by atoms with van der Waals surface area (Å²) < 4.78 is 16.3. The Morgan fingerprint density at radius 2 is 1.89 bits per heavy atom. The Bertz CT molecular complexity index is 740. The lowest BCUT2D eigenvalue weighted by molar-refractivity contribution is 0.352. The Hall–Kier alpha value is -1.97. The monoisotopic (exact) mass is 502 g/mol. The largest absolute Gasteiger partial charge is 0.493 e. The fourth-order valence-electron chi connectivity index (χ4n) is 2.89. The standard InChI is InChI=1S/C20H30N4O3.HI/c1-6-16-15(17(7-2)27-24-16)13-23-20(21-8-3)22-12-14-10-9-11-18(25-4)19(14)26-5;/h9-11H,6-8,12-13H2,1-5H3,(H2,21,22,23);1H. The highest BCUT2D eigenvalue weighted by Crippen LogP contribution is 2.31. The van der Waals surface area contributed by atoms with Gasteiger partial charge in [0.15, 0.2) is 17.5 Å². The number of hydrogen-bond donors (Lipinski definition) is 2. The van der Waals surface area contributed by atoms with Crippen LogP contribution < -0.4 is 20.1 Å². The molecule has 0 aliphatic heterocycles. The molecule has 2 aromatic rings. The molecule has 0 atom stereocenters. The molecule has 0 spiro atoms. The minimum atomic E-state index is 0. The Morgan fingerprint density at radius 3 is 2.50 bits per heavy atom. The summed E-state index contributed by atoms with van der Waals surface area (Å²) in [5.41, 5.74) is 3.07. The predicted octanol–water partition coefficient (Wildman–Crippen LogP) is 3.69. The zero-order valence-electron chi connectivity index (χ0n) is 17.3. The highest BCUT2D eigenvalue weighted by atomic mass is 127. The van der Waals surface area contributed by atoms with Crippen molar-refractivity contribution in [3.8, 4) is 11.5 Å². The van der Waals surface area contributed by atoms with Crippen LogP contribution in [0.4, 0.5) is 0 Å². The maximum absolute atomic E-state index is 5.48. The molecule has 0 saturated carbocycles. The van der Waals surface area contributed by atoms with Crippen LogP contribution in [0, 0.1) is 0 Å². The summed E-state index contributed by atoms with van der Waals surface area (Å²) in [5.74, 6) is 3.06. The molecule has 8 heteroatoms. The van der Waals surface area contributed by atoms with Gasteiger partial charge in [-0.05, 0) is 19.4 Å². The van der Waals surface area contributed by atoms with Gasteiger partial charge in [0.25, 0.3) is 0 Å². The van der Waals surface area contributed by atoms with Crippen molar-refractivity contribution in [3.63, 3.8) is 0 Å². The van der Waals surface area contributed by atoms with E-state index in [-0.39, 0.29) is 24.0 Å². The number of methoxy groups -OCH3 is 2. The van der Waals surface area contributed by atoms with E-state index >= 15 is 0 Å². The van der Waals surface area contributed by atoms with E-state index in [0.717, 1.165) is 47.9 Å². The zero-order valence-corrected chi connectivity index (χ0v) is 19.6. The molecule has 0 radical (unpaired) electrons. The van der Waals surface area contributed by atoms with Crippen molar-refractivity contribution in [1.82, 2.24) is 15.8 Å². The van der Waals surface area contributed by atoms with E-state index in [1.807, 2.05) is 25.1 Å².